The van der Waals surface area contributed by atoms with Crippen molar-refractivity contribution in [1.29, 1.82) is 0 Å². The largest absolute Gasteiger partial charge is 0.390 e. The number of nitrogens with two attached hydrogens (primary N) is 2. The van der Waals surface area contributed by atoms with Gasteiger partial charge in [0.2, 0.25) is 0 Å². The van der Waals surface area contributed by atoms with Crippen LogP contribution in [-0.2, 0) is 6.42 Å². The minimum absolute atomic E-state index is 0.114. The summed E-state index contributed by atoms with van der Waals surface area (Å²) in [5.41, 5.74) is 16.3. The van der Waals surface area contributed by atoms with E-state index in [1.165, 1.54) is 11.3 Å². The second-order valence-corrected chi connectivity index (χ2v) is 9.22. The maximum atomic E-state index is 13.2. The number of carbonyl (C=O) groups excluding carboxylic acids is 1. The summed E-state index contributed by atoms with van der Waals surface area (Å²) in [4.78, 5) is 24.2. The van der Waals surface area contributed by atoms with Crippen molar-refractivity contribution >= 4 is 43.8 Å². The molecule has 1 fully saturated rings. The number of piperidine rings is 1. The summed E-state index contributed by atoms with van der Waals surface area (Å²) in [6.45, 7) is 5.98. The number of thiophene rings is 1. The van der Waals surface area contributed by atoms with Gasteiger partial charge in [-0.15, -0.1) is 11.3 Å². The maximum Gasteiger partial charge on any atom is 0.260 e. The quantitative estimate of drug-likeness (QED) is 0.577. The van der Waals surface area contributed by atoms with Crippen LogP contribution in [0.5, 0.6) is 0 Å². The topological polar surface area (TPSA) is 110 Å². The van der Waals surface area contributed by atoms with Gasteiger partial charge in [-0.25, -0.2) is 0 Å². The summed E-state index contributed by atoms with van der Waals surface area (Å²) in [6, 6.07) is 4.11. The van der Waals surface area contributed by atoms with Crippen molar-refractivity contribution in [1.82, 2.24) is 9.97 Å². The van der Waals surface area contributed by atoms with Gasteiger partial charge in [-0.2, -0.15) is 0 Å². The molecule has 4 heterocycles. The molecule has 3 aromatic rings. The van der Waals surface area contributed by atoms with Crippen LogP contribution in [0.3, 0.4) is 0 Å². The fraction of sp³-hybridized carbons (Fsp3) is 0.409. The van der Waals surface area contributed by atoms with Crippen LogP contribution in [0.25, 0.3) is 10.2 Å². The van der Waals surface area contributed by atoms with E-state index in [1.54, 1.807) is 12.4 Å². The SMILES string of the molecule is CCCc1cnc2c(C(=O)Nc3cnccc3N3C[C@H](C)C[C@H](N)C3)c(N)sc2c1. The third-order valence-electron chi connectivity index (χ3n) is 5.46. The monoisotopic (exact) mass is 424 g/mol. The van der Waals surface area contributed by atoms with E-state index >= 15 is 0 Å². The van der Waals surface area contributed by atoms with Crippen molar-refractivity contribution in [3.8, 4) is 0 Å². The Bertz CT molecular complexity index is 1050. The molecule has 2 atom stereocenters. The highest BCUT2D eigenvalue weighted by Gasteiger charge is 2.25. The second-order valence-electron chi connectivity index (χ2n) is 8.13. The number of aryl methyl sites for hydroxylation is 1. The van der Waals surface area contributed by atoms with Gasteiger partial charge < -0.3 is 21.7 Å². The number of rotatable bonds is 5. The van der Waals surface area contributed by atoms with Crippen molar-refractivity contribution in [2.24, 2.45) is 11.7 Å². The van der Waals surface area contributed by atoms with Crippen LogP contribution < -0.4 is 21.7 Å². The lowest BCUT2D eigenvalue weighted by molar-refractivity contribution is 0.102. The van der Waals surface area contributed by atoms with E-state index in [1.807, 2.05) is 12.3 Å². The van der Waals surface area contributed by atoms with E-state index in [4.69, 9.17) is 11.5 Å². The lowest BCUT2D eigenvalue weighted by Crippen LogP contribution is -2.46. The molecule has 0 bridgehead atoms. The molecule has 4 rings (SSSR count). The molecule has 30 heavy (non-hydrogen) atoms. The van der Waals surface area contributed by atoms with Gasteiger partial charge in [0.05, 0.1) is 27.8 Å². The first-order chi connectivity index (χ1) is 14.5. The average Bonchev–Trinajstić information content (AvgIpc) is 3.03. The van der Waals surface area contributed by atoms with Crippen molar-refractivity contribution < 1.29 is 4.79 Å². The van der Waals surface area contributed by atoms with Gasteiger partial charge in [0.15, 0.2) is 0 Å². The first kappa shape index (κ1) is 20.6. The highest BCUT2D eigenvalue weighted by Crippen LogP contribution is 2.35. The number of nitrogens with zero attached hydrogens (tertiary/aromatic N) is 3. The van der Waals surface area contributed by atoms with Crippen molar-refractivity contribution in [3.63, 3.8) is 0 Å². The Kier molecular flexibility index (Phi) is 5.87. The van der Waals surface area contributed by atoms with Crippen molar-refractivity contribution in [2.75, 3.05) is 29.0 Å². The van der Waals surface area contributed by atoms with Crippen molar-refractivity contribution in [2.45, 2.75) is 39.2 Å². The molecule has 1 aliphatic heterocycles. The third kappa shape index (κ3) is 4.11. The molecule has 0 radical (unpaired) electrons. The van der Waals surface area contributed by atoms with Crippen LogP contribution in [0.2, 0.25) is 0 Å². The Morgan fingerprint density at radius 1 is 1.37 bits per heavy atom. The zero-order valence-corrected chi connectivity index (χ0v) is 18.2. The normalized spacial score (nSPS) is 19.2. The van der Waals surface area contributed by atoms with Gasteiger partial charge >= 0.3 is 0 Å². The van der Waals surface area contributed by atoms with Gasteiger partial charge in [0.1, 0.15) is 10.6 Å². The van der Waals surface area contributed by atoms with E-state index in [0.717, 1.165) is 48.3 Å². The number of fused-ring (bicyclic) bond motifs is 1. The Morgan fingerprint density at radius 3 is 2.97 bits per heavy atom. The molecule has 7 nitrogen and oxygen atoms in total. The first-order valence-corrected chi connectivity index (χ1v) is 11.2. The molecule has 3 aromatic heterocycles. The summed E-state index contributed by atoms with van der Waals surface area (Å²) in [5.74, 6) is 0.224. The van der Waals surface area contributed by atoms with Gasteiger partial charge in [0.25, 0.3) is 5.91 Å². The summed E-state index contributed by atoms with van der Waals surface area (Å²) in [7, 11) is 0. The van der Waals surface area contributed by atoms with Gasteiger partial charge in [-0.1, -0.05) is 20.3 Å². The van der Waals surface area contributed by atoms with Crippen molar-refractivity contribution in [3.05, 3.63) is 41.9 Å². The number of aromatic nitrogens is 2. The molecule has 5 N–H and O–H groups in total. The minimum atomic E-state index is -0.266. The van der Waals surface area contributed by atoms with Gasteiger partial charge in [-0.3, -0.25) is 14.8 Å². The molecule has 1 saturated heterocycles. The van der Waals surface area contributed by atoms with Crippen LogP contribution >= 0.6 is 11.3 Å². The highest BCUT2D eigenvalue weighted by atomic mass is 32.1. The molecular weight excluding hydrogens is 396 g/mol. The molecule has 8 heteroatoms. The van der Waals surface area contributed by atoms with E-state index < -0.39 is 0 Å². The van der Waals surface area contributed by atoms with E-state index in [-0.39, 0.29) is 11.9 Å². The summed E-state index contributed by atoms with van der Waals surface area (Å²) in [5, 5.41) is 3.49. The summed E-state index contributed by atoms with van der Waals surface area (Å²) >= 11 is 1.40. The van der Waals surface area contributed by atoms with Crippen LogP contribution in [0.4, 0.5) is 16.4 Å². The van der Waals surface area contributed by atoms with E-state index in [2.05, 4.69) is 40.1 Å². The smallest absolute Gasteiger partial charge is 0.260 e. The molecule has 0 aromatic carbocycles. The molecule has 0 saturated carbocycles. The predicted molar refractivity (Wildman–Crippen MR) is 124 cm³/mol. The molecular formula is C22H28N6OS. The molecule has 158 valence electrons. The zero-order chi connectivity index (χ0) is 21.3. The summed E-state index contributed by atoms with van der Waals surface area (Å²) < 4.78 is 0.936. The molecule has 1 aliphatic rings. The van der Waals surface area contributed by atoms with Gasteiger partial charge in [0, 0.05) is 31.5 Å². The Morgan fingerprint density at radius 2 is 2.20 bits per heavy atom. The van der Waals surface area contributed by atoms with Crippen LogP contribution in [0, 0.1) is 5.92 Å². The number of amides is 1. The number of nitrogen functional groups attached to an aromatic ring is 1. The molecule has 0 unspecified atom stereocenters. The lowest BCUT2D eigenvalue weighted by Gasteiger charge is -2.37. The Balaban J connectivity index is 1.63. The molecule has 0 spiro atoms. The fourth-order valence-corrected chi connectivity index (χ4v) is 5.21. The van der Waals surface area contributed by atoms with Crippen LogP contribution in [-0.4, -0.2) is 35.0 Å². The number of nitrogens with one attached hydrogen (secondary N) is 1. The summed E-state index contributed by atoms with van der Waals surface area (Å²) in [6.07, 6.45) is 8.26. The minimum Gasteiger partial charge on any atom is -0.390 e. The van der Waals surface area contributed by atoms with Gasteiger partial charge in [-0.05, 0) is 36.5 Å². The number of hydrogen-bond donors (Lipinski definition) is 3. The number of pyridine rings is 2. The first-order valence-electron chi connectivity index (χ1n) is 10.4. The fourth-order valence-electron chi connectivity index (χ4n) is 4.22. The van der Waals surface area contributed by atoms with Crippen LogP contribution in [0.15, 0.2) is 30.7 Å². The molecule has 1 amide bonds. The average molecular weight is 425 g/mol. The Hall–Kier alpha value is -2.71. The maximum absolute atomic E-state index is 13.2. The molecule has 0 aliphatic carbocycles. The second kappa shape index (κ2) is 8.57. The zero-order valence-electron chi connectivity index (χ0n) is 17.4. The number of hydrogen-bond acceptors (Lipinski definition) is 7. The van der Waals surface area contributed by atoms with E-state index in [9.17, 15) is 4.79 Å². The predicted octanol–water partition coefficient (Wildman–Crippen LogP) is 3.65. The van der Waals surface area contributed by atoms with E-state index in [0.29, 0.717) is 27.7 Å². The standard InChI is InChI=1S/C22H28N6OS/c1-3-4-14-8-18-20(26-9-14)19(21(24)30-18)22(29)27-16-10-25-6-5-17(16)28-11-13(2)7-15(23)12-28/h5-6,8-10,13,15H,3-4,7,11-12,23-24H2,1-2H3,(H,27,29)/t13-,15+/m1/s1. The number of carbonyl (C=O) groups is 1. The number of anilines is 3. The Labute approximate surface area is 180 Å². The highest BCUT2D eigenvalue weighted by molar-refractivity contribution is 7.23. The lowest BCUT2D eigenvalue weighted by atomic mass is 9.96. The third-order valence-corrected chi connectivity index (χ3v) is 6.41. The van der Waals surface area contributed by atoms with Crippen LogP contribution in [0.1, 0.15) is 42.6 Å².